The molecule has 194 valence electrons. The van der Waals surface area contributed by atoms with Crippen LogP contribution in [0.1, 0.15) is 62.4 Å². The maximum atomic E-state index is 12.5. The Labute approximate surface area is 216 Å². The van der Waals surface area contributed by atoms with Crippen molar-refractivity contribution >= 4 is 28.8 Å². The highest BCUT2D eigenvalue weighted by Gasteiger charge is 2.33. The van der Waals surface area contributed by atoms with E-state index in [-0.39, 0.29) is 17.6 Å². The minimum absolute atomic E-state index is 0.207. The molecule has 2 aromatic carbocycles. The SMILES string of the molecule is Cn1c(N(Cc2ccc(C(=O)Nc3nnn[nH]3)cc2)C2CCC(C(C)(C)C)CC2)nc2ccc(O)cc21. The Hall–Kier alpha value is -3.95. The van der Waals surface area contributed by atoms with Crippen LogP contribution in [0.15, 0.2) is 42.5 Å². The summed E-state index contributed by atoms with van der Waals surface area (Å²) in [5.74, 6) is 1.76. The second kappa shape index (κ2) is 9.84. The molecule has 1 aliphatic carbocycles. The van der Waals surface area contributed by atoms with Gasteiger partial charge in [-0.2, -0.15) is 0 Å². The van der Waals surface area contributed by atoms with Crippen LogP contribution < -0.4 is 10.2 Å². The number of aryl methyl sites for hydroxylation is 1. The maximum Gasteiger partial charge on any atom is 0.258 e. The minimum atomic E-state index is -0.280. The Kier molecular flexibility index (Phi) is 6.57. The summed E-state index contributed by atoms with van der Waals surface area (Å²) in [6.45, 7) is 7.68. The summed E-state index contributed by atoms with van der Waals surface area (Å²) in [4.78, 5) is 19.9. The monoisotopic (exact) mass is 502 g/mol. The molecule has 0 atom stereocenters. The van der Waals surface area contributed by atoms with Crippen molar-refractivity contribution in [2.24, 2.45) is 18.4 Å². The number of rotatable bonds is 6. The highest BCUT2D eigenvalue weighted by molar-refractivity contribution is 6.03. The zero-order valence-corrected chi connectivity index (χ0v) is 21.8. The maximum absolute atomic E-state index is 12.5. The first-order valence-electron chi connectivity index (χ1n) is 12.7. The van der Waals surface area contributed by atoms with E-state index in [1.807, 2.05) is 37.4 Å². The number of nitrogens with one attached hydrogen (secondary N) is 2. The quantitative estimate of drug-likeness (QED) is 0.350. The largest absolute Gasteiger partial charge is 0.508 e. The zero-order valence-electron chi connectivity index (χ0n) is 21.8. The van der Waals surface area contributed by atoms with Crippen LogP contribution in [-0.4, -0.2) is 47.2 Å². The summed E-state index contributed by atoms with van der Waals surface area (Å²) >= 11 is 0. The first-order chi connectivity index (χ1) is 17.7. The van der Waals surface area contributed by atoms with Crippen molar-refractivity contribution in [3.05, 3.63) is 53.6 Å². The lowest BCUT2D eigenvalue weighted by Gasteiger charge is -2.41. The van der Waals surface area contributed by atoms with Crippen molar-refractivity contribution < 1.29 is 9.90 Å². The van der Waals surface area contributed by atoms with Crippen molar-refractivity contribution in [2.75, 3.05) is 10.2 Å². The number of carbonyl (C=O) groups excluding carboxylic acids is 1. The van der Waals surface area contributed by atoms with Gasteiger partial charge in [0.2, 0.25) is 11.9 Å². The van der Waals surface area contributed by atoms with Crippen LogP contribution in [0.25, 0.3) is 11.0 Å². The molecule has 1 saturated carbocycles. The lowest BCUT2D eigenvalue weighted by molar-refractivity contribution is 0.102. The minimum Gasteiger partial charge on any atom is -0.508 e. The van der Waals surface area contributed by atoms with Crippen molar-refractivity contribution in [3.63, 3.8) is 0 Å². The molecule has 0 bridgehead atoms. The molecular formula is C27H34N8O2. The average Bonchev–Trinajstić information content (AvgIpc) is 3.50. The molecule has 0 spiro atoms. The number of hydrogen-bond donors (Lipinski definition) is 3. The molecule has 1 aliphatic rings. The molecule has 0 radical (unpaired) electrons. The molecule has 1 amide bonds. The lowest BCUT2D eigenvalue weighted by atomic mass is 9.71. The predicted molar refractivity (Wildman–Crippen MR) is 142 cm³/mol. The topological polar surface area (TPSA) is 125 Å². The molecule has 1 fully saturated rings. The molecule has 0 unspecified atom stereocenters. The number of anilines is 2. The van der Waals surface area contributed by atoms with Gasteiger partial charge in [-0.15, -0.1) is 0 Å². The number of carbonyl (C=O) groups is 1. The molecule has 5 rings (SSSR count). The molecule has 10 heteroatoms. The highest BCUT2D eigenvalue weighted by Crippen LogP contribution is 2.40. The molecule has 4 aromatic rings. The number of hydrogen-bond acceptors (Lipinski definition) is 7. The number of H-pyrrole nitrogens is 1. The fourth-order valence-electron chi connectivity index (χ4n) is 5.39. The van der Waals surface area contributed by atoms with Crippen LogP contribution >= 0.6 is 0 Å². The third-order valence-electron chi connectivity index (χ3n) is 7.61. The first-order valence-corrected chi connectivity index (χ1v) is 12.7. The molecular weight excluding hydrogens is 468 g/mol. The summed E-state index contributed by atoms with van der Waals surface area (Å²) in [7, 11) is 2.00. The molecule has 0 aliphatic heterocycles. The van der Waals surface area contributed by atoms with Crippen LogP contribution in [0.4, 0.5) is 11.9 Å². The van der Waals surface area contributed by atoms with Gasteiger partial charge in [0.25, 0.3) is 5.91 Å². The third kappa shape index (κ3) is 5.28. The van der Waals surface area contributed by atoms with E-state index in [0.717, 1.165) is 35.4 Å². The first kappa shape index (κ1) is 24.7. The van der Waals surface area contributed by atoms with Gasteiger partial charge in [-0.3, -0.25) is 10.1 Å². The smallest absolute Gasteiger partial charge is 0.258 e. The van der Waals surface area contributed by atoms with Crippen LogP contribution in [0.3, 0.4) is 0 Å². The van der Waals surface area contributed by atoms with Gasteiger partial charge in [0.05, 0.1) is 11.0 Å². The van der Waals surface area contributed by atoms with Gasteiger partial charge in [-0.05, 0) is 77.3 Å². The number of aromatic amines is 1. The summed E-state index contributed by atoms with van der Waals surface area (Å²) in [6, 6.07) is 13.2. The third-order valence-corrected chi connectivity index (χ3v) is 7.61. The van der Waals surface area contributed by atoms with E-state index in [1.165, 1.54) is 12.8 Å². The molecule has 0 saturated heterocycles. The highest BCUT2D eigenvalue weighted by atomic mass is 16.3. The normalized spacial score (nSPS) is 18.2. The van der Waals surface area contributed by atoms with E-state index in [4.69, 9.17) is 4.98 Å². The number of benzene rings is 2. The summed E-state index contributed by atoms with van der Waals surface area (Å²) in [5, 5.41) is 25.9. The van der Waals surface area contributed by atoms with Gasteiger partial charge in [0.1, 0.15) is 5.75 Å². The van der Waals surface area contributed by atoms with Crippen LogP contribution in [-0.2, 0) is 13.6 Å². The van der Waals surface area contributed by atoms with Gasteiger partial charge >= 0.3 is 0 Å². The fraction of sp³-hybridized carbons (Fsp3) is 0.444. The zero-order chi connectivity index (χ0) is 26.2. The van der Waals surface area contributed by atoms with E-state index < -0.39 is 0 Å². The Bertz CT molecular complexity index is 1360. The van der Waals surface area contributed by atoms with E-state index in [9.17, 15) is 9.90 Å². The van der Waals surface area contributed by atoms with Crippen molar-refractivity contribution in [3.8, 4) is 5.75 Å². The van der Waals surface area contributed by atoms with Crippen molar-refractivity contribution in [1.29, 1.82) is 0 Å². The number of amides is 1. The van der Waals surface area contributed by atoms with Crippen LogP contribution in [0, 0.1) is 11.3 Å². The fourth-order valence-corrected chi connectivity index (χ4v) is 5.39. The van der Waals surface area contributed by atoms with E-state index in [1.54, 1.807) is 12.1 Å². The van der Waals surface area contributed by atoms with Crippen molar-refractivity contribution in [2.45, 2.75) is 59.0 Å². The number of fused-ring (bicyclic) bond motifs is 1. The lowest BCUT2D eigenvalue weighted by Crippen LogP contribution is -2.41. The number of aromatic hydroxyl groups is 1. The molecule has 3 N–H and O–H groups in total. The summed E-state index contributed by atoms with van der Waals surface area (Å²) in [5.41, 5.74) is 3.68. The van der Waals surface area contributed by atoms with Gasteiger partial charge in [-0.1, -0.05) is 38.0 Å². The molecule has 10 nitrogen and oxygen atoms in total. The number of aromatic nitrogens is 6. The molecule has 2 aromatic heterocycles. The Morgan fingerprint density at radius 1 is 1.14 bits per heavy atom. The summed E-state index contributed by atoms with van der Waals surface area (Å²) in [6.07, 6.45) is 4.57. The van der Waals surface area contributed by atoms with Crippen molar-refractivity contribution in [1.82, 2.24) is 30.2 Å². The summed E-state index contributed by atoms with van der Waals surface area (Å²) < 4.78 is 2.07. The van der Waals surface area contributed by atoms with Gasteiger partial charge < -0.3 is 14.6 Å². The number of phenols is 1. The van der Waals surface area contributed by atoms with Gasteiger partial charge in [-0.25, -0.2) is 10.1 Å². The predicted octanol–water partition coefficient (Wildman–Crippen LogP) is 4.66. The number of nitrogens with zero attached hydrogens (tertiary/aromatic N) is 6. The second-order valence-electron chi connectivity index (χ2n) is 11.0. The van der Waals surface area contributed by atoms with Crippen LogP contribution in [0.2, 0.25) is 0 Å². The van der Waals surface area contributed by atoms with Crippen LogP contribution in [0.5, 0.6) is 5.75 Å². The second-order valence-corrected chi connectivity index (χ2v) is 11.0. The standard InChI is InChI=1S/C27H34N8O2/c1-27(2,3)19-9-11-20(12-10-19)35(26-28-22-14-13-21(36)15-23(22)34(26)4)16-17-5-7-18(8-6-17)24(37)29-25-30-32-33-31-25/h5-8,13-15,19-20,36H,9-12,16H2,1-4H3,(H2,29,30,31,32,33,37). The van der Waals surface area contributed by atoms with E-state index >= 15 is 0 Å². The Morgan fingerprint density at radius 2 is 1.86 bits per heavy atom. The van der Waals surface area contributed by atoms with Gasteiger partial charge in [0, 0.05) is 31.3 Å². The number of imidazole rings is 1. The Balaban J connectivity index is 1.40. The van der Waals surface area contributed by atoms with E-state index in [0.29, 0.717) is 29.5 Å². The Morgan fingerprint density at radius 3 is 2.51 bits per heavy atom. The number of phenolic OH excluding ortho intramolecular Hbond substituents is 1. The van der Waals surface area contributed by atoms with Gasteiger partial charge in [0.15, 0.2) is 0 Å². The molecule has 2 heterocycles. The molecule has 37 heavy (non-hydrogen) atoms. The van der Waals surface area contributed by atoms with E-state index in [2.05, 4.69) is 56.2 Å². The average molecular weight is 503 g/mol. The number of tetrazole rings is 1.